The van der Waals surface area contributed by atoms with Crippen LogP contribution in [0.3, 0.4) is 0 Å². The summed E-state index contributed by atoms with van der Waals surface area (Å²) in [6, 6.07) is 3.12. The summed E-state index contributed by atoms with van der Waals surface area (Å²) in [5.74, 6) is -0.627. The Morgan fingerprint density at radius 3 is 2.83 bits per heavy atom. The van der Waals surface area contributed by atoms with Crippen molar-refractivity contribution in [2.75, 3.05) is 26.8 Å². The Kier molecular flexibility index (Phi) is 7.31. The molecule has 11 heteroatoms. The average molecular weight is 516 g/mol. The number of likely N-dealkylation sites (N-methyl/N-ethyl adjacent to an activating group) is 1. The van der Waals surface area contributed by atoms with Gasteiger partial charge in [0, 0.05) is 31.2 Å². The average Bonchev–Trinajstić information content (AvgIpc) is 3.65. The molecule has 2 aliphatic rings. The van der Waals surface area contributed by atoms with Crippen LogP contribution in [0, 0.1) is 11.7 Å². The van der Waals surface area contributed by atoms with E-state index in [0.29, 0.717) is 42.1 Å². The minimum atomic E-state index is -0.605. The Balaban J connectivity index is 1.38. The van der Waals surface area contributed by atoms with Gasteiger partial charge in [-0.2, -0.15) is 0 Å². The van der Waals surface area contributed by atoms with E-state index < -0.39 is 12.1 Å². The molecular formula is C25H30FN5O4S. The third kappa shape index (κ3) is 4.87. The molecule has 2 aliphatic heterocycles. The first kappa shape index (κ1) is 24.8. The number of rotatable bonds is 7. The van der Waals surface area contributed by atoms with Crippen molar-refractivity contribution in [2.24, 2.45) is 5.92 Å². The van der Waals surface area contributed by atoms with Gasteiger partial charge < -0.3 is 24.8 Å². The molecule has 3 atom stereocenters. The van der Waals surface area contributed by atoms with E-state index in [-0.39, 0.29) is 29.6 Å². The van der Waals surface area contributed by atoms with E-state index in [4.69, 9.17) is 14.2 Å². The largest absolute Gasteiger partial charge is 0.381 e. The van der Waals surface area contributed by atoms with E-state index in [1.165, 1.54) is 23.5 Å². The number of aromatic nitrogens is 2. The molecule has 192 valence electrons. The van der Waals surface area contributed by atoms with Crippen LogP contribution in [0.25, 0.3) is 22.4 Å². The Hall–Kier alpha value is -2.89. The number of benzene rings is 1. The summed E-state index contributed by atoms with van der Waals surface area (Å²) in [5.41, 5.74) is 1.55. The fourth-order valence-corrected chi connectivity index (χ4v) is 5.90. The summed E-state index contributed by atoms with van der Waals surface area (Å²) < 4.78 is 24.3. The number of likely N-dealkylation sites (tertiary alicyclic amines) is 1. The molecule has 1 aromatic carbocycles. The van der Waals surface area contributed by atoms with Crippen molar-refractivity contribution in [3.05, 3.63) is 34.4 Å². The van der Waals surface area contributed by atoms with Crippen molar-refractivity contribution in [3.63, 3.8) is 0 Å². The van der Waals surface area contributed by atoms with Crippen LogP contribution in [0.1, 0.15) is 43.7 Å². The maximum absolute atomic E-state index is 13.9. The smallest absolute Gasteiger partial charge is 0.246 e. The first-order chi connectivity index (χ1) is 17.5. The fraction of sp³-hybridized carbons (Fsp3) is 0.520. The third-order valence-corrected chi connectivity index (χ3v) is 8.09. The van der Waals surface area contributed by atoms with Crippen LogP contribution in [-0.4, -0.2) is 65.7 Å². The van der Waals surface area contributed by atoms with Crippen molar-refractivity contribution < 1.29 is 23.2 Å². The van der Waals surface area contributed by atoms with Gasteiger partial charge in [0.25, 0.3) is 0 Å². The molecule has 3 aromatic rings. The van der Waals surface area contributed by atoms with E-state index in [0.717, 1.165) is 30.7 Å². The molecule has 0 bridgehead atoms. The second-order valence-corrected chi connectivity index (χ2v) is 10.3. The molecule has 0 spiro atoms. The Labute approximate surface area is 212 Å². The van der Waals surface area contributed by atoms with Crippen molar-refractivity contribution in [3.8, 4) is 11.4 Å². The van der Waals surface area contributed by atoms with Gasteiger partial charge in [0.15, 0.2) is 5.58 Å². The molecule has 0 saturated carbocycles. The van der Waals surface area contributed by atoms with Crippen LogP contribution >= 0.6 is 11.3 Å². The first-order valence-electron chi connectivity index (χ1n) is 12.3. The molecule has 2 amide bonds. The molecule has 1 unspecified atom stereocenters. The van der Waals surface area contributed by atoms with Crippen molar-refractivity contribution in [1.82, 2.24) is 25.7 Å². The van der Waals surface area contributed by atoms with Gasteiger partial charge in [-0.25, -0.2) is 9.37 Å². The maximum Gasteiger partial charge on any atom is 0.246 e. The topological polar surface area (TPSA) is 110 Å². The standard InChI is InChI=1S/C25H30FN5O4S/c1-14(27-2)23(32)29-21(15-7-10-34-11-8-15)25(33)31-9-3-4-19(31)24-28-18(13-36-24)22-17-6-5-16(26)12-20(17)35-30-22/h5-6,12-15,19,21,27H,3-4,7-11H2,1-2H3,(H,29,32)/t14-,19?,21-/m0/s1. The van der Waals surface area contributed by atoms with E-state index in [2.05, 4.69) is 15.8 Å². The zero-order valence-electron chi connectivity index (χ0n) is 20.3. The second kappa shape index (κ2) is 10.6. The first-order valence-corrected chi connectivity index (χ1v) is 13.2. The summed E-state index contributed by atoms with van der Waals surface area (Å²) in [7, 11) is 1.72. The molecule has 0 aliphatic carbocycles. The van der Waals surface area contributed by atoms with Gasteiger partial charge in [0.05, 0.1) is 17.5 Å². The van der Waals surface area contributed by atoms with Crippen LogP contribution in [0.2, 0.25) is 0 Å². The lowest BCUT2D eigenvalue weighted by Gasteiger charge is -2.35. The minimum Gasteiger partial charge on any atom is -0.381 e. The molecule has 4 heterocycles. The minimum absolute atomic E-state index is 0.0225. The summed E-state index contributed by atoms with van der Waals surface area (Å²) in [4.78, 5) is 33.3. The fourth-order valence-electron chi connectivity index (χ4n) is 4.95. The summed E-state index contributed by atoms with van der Waals surface area (Å²) >= 11 is 1.47. The normalized spacial score (nSPS) is 20.5. The highest BCUT2D eigenvalue weighted by molar-refractivity contribution is 7.10. The maximum atomic E-state index is 13.9. The van der Waals surface area contributed by atoms with E-state index in [1.54, 1.807) is 20.0 Å². The Morgan fingerprint density at radius 1 is 1.25 bits per heavy atom. The van der Waals surface area contributed by atoms with Gasteiger partial charge in [-0.05, 0) is 57.7 Å². The lowest BCUT2D eigenvalue weighted by atomic mass is 9.90. The monoisotopic (exact) mass is 515 g/mol. The van der Waals surface area contributed by atoms with Gasteiger partial charge in [-0.1, -0.05) is 5.16 Å². The highest BCUT2D eigenvalue weighted by atomic mass is 32.1. The Morgan fingerprint density at radius 2 is 2.06 bits per heavy atom. The van der Waals surface area contributed by atoms with Gasteiger partial charge in [0.1, 0.15) is 28.3 Å². The van der Waals surface area contributed by atoms with Gasteiger partial charge in [-0.3, -0.25) is 9.59 Å². The number of carbonyl (C=O) groups excluding carboxylic acids is 2. The van der Waals surface area contributed by atoms with Crippen molar-refractivity contribution in [1.29, 1.82) is 0 Å². The summed E-state index contributed by atoms with van der Waals surface area (Å²) in [6.45, 7) is 3.56. The number of nitrogens with zero attached hydrogens (tertiary/aromatic N) is 3. The molecule has 2 aromatic heterocycles. The zero-order valence-corrected chi connectivity index (χ0v) is 21.1. The number of hydrogen-bond acceptors (Lipinski definition) is 8. The number of hydrogen-bond donors (Lipinski definition) is 2. The van der Waals surface area contributed by atoms with Crippen molar-refractivity contribution in [2.45, 2.75) is 50.7 Å². The molecule has 2 saturated heterocycles. The number of fused-ring (bicyclic) bond motifs is 1. The molecule has 2 N–H and O–H groups in total. The van der Waals surface area contributed by atoms with Crippen molar-refractivity contribution >= 4 is 34.1 Å². The lowest BCUT2D eigenvalue weighted by molar-refractivity contribution is -0.140. The molecule has 36 heavy (non-hydrogen) atoms. The highest BCUT2D eigenvalue weighted by Gasteiger charge is 2.40. The summed E-state index contributed by atoms with van der Waals surface area (Å²) in [5, 5.41) is 13.5. The van der Waals surface area contributed by atoms with E-state index >= 15 is 0 Å². The Bertz CT molecular complexity index is 1240. The number of carbonyl (C=O) groups is 2. The quantitative estimate of drug-likeness (QED) is 0.497. The number of thiazole rings is 1. The number of halogens is 1. The second-order valence-electron chi connectivity index (χ2n) is 9.38. The van der Waals surface area contributed by atoms with E-state index in [9.17, 15) is 14.0 Å². The molecule has 9 nitrogen and oxygen atoms in total. The van der Waals surface area contributed by atoms with Gasteiger partial charge in [-0.15, -0.1) is 11.3 Å². The molecular weight excluding hydrogens is 485 g/mol. The summed E-state index contributed by atoms with van der Waals surface area (Å²) in [6.07, 6.45) is 3.11. The molecule has 2 fully saturated rings. The highest BCUT2D eigenvalue weighted by Crippen LogP contribution is 2.38. The van der Waals surface area contributed by atoms with Crippen LogP contribution in [0.15, 0.2) is 28.1 Å². The lowest BCUT2D eigenvalue weighted by Crippen LogP contribution is -2.56. The number of amides is 2. The predicted octanol–water partition coefficient (Wildman–Crippen LogP) is 3.27. The predicted molar refractivity (Wildman–Crippen MR) is 133 cm³/mol. The number of ether oxygens (including phenoxy) is 1. The van der Waals surface area contributed by atoms with Gasteiger partial charge in [0.2, 0.25) is 11.8 Å². The van der Waals surface area contributed by atoms with Crippen LogP contribution < -0.4 is 10.6 Å². The number of nitrogens with one attached hydrogen (secondary N) is 2. The molecule has 5 rings (SSSR count). The third-order valence-electron chi connectivity index (χ3n) is 7.15. The van der Waals surface area contributed by atoms with E-state index in [1.807, 2.05) is 10.3 Å². The molecule has 0 radical (unpaired) electrons. The van der Waals surface area contributed by atoms with Crippen LogP contribution in [-0.2, 0) is 14.3 Å². The SMILES string of the molecule is CN[C@@H](C)C(=O)N[C@H](C(=O)N1CCCC1c1nc(-c2noc3cc(F)ccc23)cs1)C1CCOCC1. The zero-order chi connectivity index (χ0) is 25.2. The van der Waals surface area contributed by atoms with Gasteiger partial charge >= 0.3 is 0 Å². The van der Waals surface area contributed by atoms with Crippen LogP contribution in [0.5, 0.6) is 0 Å². The van der Waals surface area contributed by atoms with Crippen LogP contribution in [0.4, 0.5) is 4.39 Å².